The number of amides is 1. The van der Waals surface area contributed by atoms with Gasteiger partial charge in [0.2, 0.25) is 0 Å². The Morgan fingerprint density at radius 2 is 1.91 bits per heavy atom. The number of nitrogens with one attached hydrogen (secondary N) is 2. The van der Waals surface area contributed by atoms with Crippen LogP contribution in [0.25, 0.3) is 22.6 Å². The van der Waals surface area contributed by atoms with Crippen molar-refractivity contribution in [1.29, 1.82) is 0 Å². The number of piperazine rings is 1. The number of para-hydroxylation sites is 1. The first-order chi connectivity index (χ1) is 16.6. The molecule has 0 aliphatic carbocycles. The van der Waals surface area contributed by atoms with Crippen LogP contribution in [0.1, 0.15) is 15.9 Å². The molecule has 1 aliphatic rings. The van der Waals surface area contributed by atoms with Crippen LogP contribution in [-0.2, 0) is 6.54 Å². The Kier molecular flexibility index (Phi) is 6.24. The number of hydrogen-bond acceptors (Lipinski definition) is 6. The molecule has 34 heavy (non-hydrogen) atoms. The van der Waals surface area contributed by atoms with Gasteiger partial charge < -0.3 is 19.9 Å². The summed E-state index contributed by atoms with van der Waals surface area (Å²) in [6.07, 6.45) is 1.71. The molecule has 0 bridgehead atoms. The topological polar surface area (TPSA) is 86.4 Å². The Hall–Kier alpha value is -3.75. The highest BCUT2D eigenvalue weighted by molar-refractivity contribution is 6.06. The van der Waals surface area contributed by atoms with E-state index in [2.05, 4.69) is 37.1 Å². The number of imidazole rings is 1. The molecule has 1 amide bonds. The summed E-state index contributed by atoms with van der Waals surface area (Å²) in [7, 11) is 3.80. The Balaban J connectivity index is 1.35. The zero-order valence-corrected chi connectivity index (χ0v) is 19.4. The number of aromatic amines is 1. The van der Waals surface area contributed by atoms with E-state index < -0.39 is 0 Å². The van der Waals surface area contributed by atoms with Gasteiger partial charge in [-0.1, -0.05) is 18.2 Å². The van der Waals surface area contributed by atoms with Crippen molar-refractivity contribution in [2.75, 3.05) is 45.7 Å². The summed E-state index contributed by atoms with van der Waals surface area (Å²) in [6, 6.07) is 17.0. The van der Waals surface area contributed by atoms with Crippen LogP contribution in [0.4, 0.5) is 5.69 Å². The average molecular weight is 457 g/mol. The molecule has 1 aliphatic heterocycles. The van der Waals surface area contributed by atoms with E-state index in [1.165, 1.54) is 0 Å². The number of likely N-dealkylation sites (N-methyl/N-ethyl adjacent to an activating group) is 1. The molecule has 4 aromatic rings. The third-order valence-corrected chi connectivity index (χ3v) is 6.23. The Labute approximate surface area is 198 Å². The predicted octanol–water partition coefficient (Wildman–Crippen LogP) is 3.63. The van der Waals surface area contributed by atoms with E-state index in [9.17, 15) is 4.79 Å². The summed E-state index contributed by atoms with van der Waals surface area (Å²) in [4.78, 5) is 30.0. The van der Waals surface area contributed by atoms with Crippen LogP contribution in [0, 0.1) is 0 Å². The standard InChI is InChI=1S/C26H28N6O2/c1-31-12-14-32(15-13-31)17-19-10-9-18(16-23(19)34-2)26(33)29-21-7-4-3-6-20(21)24-28-22-8-5-11-27-25(22)30-24/h3-11,16H,12-15,17H2,1-2H3,(H,29,33)(H,27,28,30). The lowest BCUT2D eigenvalue weighted by atomic mass is 10.1. The van der Waals surface area contributed by atoms with Gasteiger partial charge in [-0.15, -0.1) is 0 Å². The second-order valence-electron chi connectivity index (χ2n) is 8.57. The monoisotopic (exact) mass is 456 g/mol. The van der Waals surface area contributed by atoms with Crippen LogP contribution in [-0.4, -0.2) is 71.0 Å². The largest absolute Gasteiger partial charge is 0.496 e. The highest BCUT2D eigenvalue weighted by atomic mass is 16.5. The molecule has 8 heteroatoms. The predicted molar refractivity (Wildman–Crippen MR) is 133 cm³/mol. The summed E-state index contributed by atoms with van der Waals surface area (Å²) in [5.74, 6) is 1.18. The zero-order chi connectivity index (χ0) is 23.5. The minimum absolute atomic E-state index is 0.203. The van der Waals surface area contributed by atoms with E-state index in [0.717, 1.165) is 55.1 Å². The molecule has 2 aromatic carbocycles. The quantitative estimate of drug-likeness (QED) is 0.461. The molecule has 3 heterocycles. The SMILES string of the molecule is COc1cc(C(=O)Nc2ccccc2-c2nc3ncccc3[nH]2)ccc1CN1CCN(C)CC1. The van der Waals surface area contributed by atoms with Gasteiger partial charge in [-0.25, -0.2) is 9.97 Å². The highest BCUT2D eigenvalue weighted by Crippen LogP contribution is 2.28. The second kappa shape index (κ2) is 9.62. The molecule has 0 unspecified atom stereocenters. The molecular weight excluding hydrogens is 428 g/mol. The van der Waals surface area contributed by atoms with Crippen LogP contribution in [0.5, 0.6) is 5.75 Å². The molecule has 2 N–H and O–H groups in total. The van der Waals surface area contributed by atoms with E-state index in [1.807, 2.05) is 54.6 Å². The minimum atomic E-state index is -0.203. The number of rotatable bonds is 6. The van der Waals surface area contributed by atoms with Gasteiger partial charge in [-0.2, -0.15) is 0 Å². The Morgan fingerprint density at radius 1 is 1.09 bits per heavy atom. The number of anilines is 1. The molecule has 2 aromatic heterocycles. The number of nitrogens with zero attached hydrogens (tertiary/aromatic N) is 4. The van der Waals surface area contributed by atoms with Gasteiger partial charge >= 0.3 is 0 Å². The van der Waals surface area contributed by atoms with E-state index in [0.29, 0.717) is 22.7 Å². The van der Waals surface area contributed by atoms with E-state index >= 15 is 0 Å². The number of H-pyrrole nitrogens is 1. The number of fused-ring (bicyclic) bond motifs is 1. The summed E-state index contributed by atoms with van der Waals surface area (Å²) < 4.78 is 5.64. The van der Waals surface area contributed by atoms with Gasteiger partial charge in [-0.3, -0.25) is 9.69 Å². The Bertz CT molecular complexity index is 1280. The van der Waals surface area contributed by atoms with Gasteiger partial charge in [0.25, 0.3) is 5.91 Å². The number of carbonyl (C=O) groups excluding carboxylic acids is 1. The van der Waals surface area contributed by atoms with Crippen molar-refractivity contribution in [3.05, 3.63) is 71.9 Å². The van der Waals surface area contributed by atoms with Crippen molar-refractivity contribution >= 4 is 22.8 Å². The summed E-state index contributed by atoms with van der Waals surface area (Å²) >= 11 is 0. The van der Waals surface area contributed by atoms with E-state index in [4.69, 9.17) is 4.74 Å². The highest BCUT2D eigenvalue weighted by Gasteiger charge is 2.18. The first-order valence-corrected chi connectivity index (χ1v) is 11.4. The molecule has 8 nitrogen and oxygen atoms in total. The molecule has 0 spiro atoms. The third-order valence-electron chi connectivity index (χ3n) is 6.23. The molecule has 1 saturated heterocycles. The van der Waals surface area contributed by atoms with Crippen LogP contribution in [0.15, 0.2) is 60.8 Å². The van der Waals surface area contributed by atoms with Crippen molar-refractivity contribution < 1.29 is 9.53 Å². The van der Waals surface area contributed by atoms with Crippen molar-refractivity contribution in [2.45, 2.75) is 6.54 Å². The lowest BCUT2D eigenvalue weighted by Gasteiger charge is -2.32. The Morgan fingerprint density at radius 3 is 2.71 bits per heavy atom. The first kappa shape index (κ1) is 22.1. The second-order valence-corrected chi connectivity index (χ2v) is 8.57. The fraction of sp³-hybridized carbons (Fsp3) is 0.269. The van der Waals surface area contributed by atoms with E-state index in [1.54, 1.807) is 13.3 Å². The maximum atomic E-state index is 13.1. The molecule has 5 rings (SSSR count). The zero-order valence-electron chi connectivity index (χ0n) is 19.4. The average Bonchev–Trinajstić information content (AvgIpc) is 3.30. The van der Waals surface area contributed by atoms with Gasteiger partial charge in [0.05, 0.1) is 18.3 Å². The fourth-order valence-corrected chi connectivity index (χ4v) is 4.23. The molecule has 1 fully saturated rings. The lowest BCUT2D eigenvalue weighted by Crippen LogP contribution is -2.43. The number of carbonyl (C=O) groups is 1. The summed E-state index contributed by atoms with van der Waals surface area (Å²) in [5, 5.41) is 3.04. The maximum absolute atomic E-state index is 13.1. The van der Waals surface area contributed by atoms with Crippen molar-refractivity contribution in [2.24, 2.45) is 0 Å². The number of benzene rings is 2. The van der Waals surface area contributed by atoms with Crippen LogP contribution in [0.3, 0.4) is 0 Å². The van der Waals surface area contributed by atoms with Gasteiger partial charge in [-0.05, 0) is 43.4 Å². The van der Waals surface area contributed by atoms with Gasteiger partial charge in [0, 0.05) is 55.6 Å². The van der Waals surface area contributed by atoms with Crippen molar-refractivity contribution in [3.8, 4) is 17.1 Å². The molecule has 0 radical (unpaired) electrons. The van der Waals surface area contributed by atoms with Crippen LogP contribution in [0.2, 0.25) is 0 Å². The van der Waals surface area contributed by atoms with Gasteiger partial charge in [0.15, 0.2) is 5.65 Å². The molecule has 0 atom stereocenters. The van der Waals surface area contributed by atoms with Gasteiger partial charge in [0.1, 0.15) is 11.6 Å². The minimum Gasteiger partial charge on any atom is -0.496 e. The summed E-state index contributed by atoms with van der Waals surface area (Å²) in [5.41, 5.74) is 4.58. The smallest absolute Gasteiger partial charge is 0.255 e. The van der Waals surface area contributed by atoms with Crippen molar-refractivity contribution in [1.82, 2.24) is 24.8 Å². The van der Waals surface area contributed by atoms with Crippen LogP contribution >= 0.6 is 0 Å². The lowest BCUT2D eigenvalue weighted by molar-refractivity contribution is 0.102. The molecular formula is C26H28N6O2. The number of hydrogen-bond donors (Lipinski definition) is 2. The number of pyridine rings is 1. The molecule has 174 valence electrons. The number of methoxy groups -OCH3 is 1. The maximum Gasteiger partial charge on any atom is 0.255 e. The normalized spacial score (nSPS) is 14.9. The fourth-order valence-electron chi connectivity index (χ4n) is 4.23. The molecule has 0 saturated carbocycles. The van der Waals surface area contributed by atoms with E-state index in [-0.39, 0.29) is 5.91 Å². The van der Waals surface area contributed by atoms with Crippen LogP contribution < -0.4 is 10.1 Å². The number of aromatic nitrogens is 3. The number of ether oxygens (including phenoxy) is 1. The van der Waals surface area contributed by atoms with Crippen molar-refractivity contribution in [3.63, 3.8) is 0 Å². The first-order valence-electron chi connectivity index (χ1n) is 11.4. The summed E-state index contributed by atoms with van der Waals surface area (Å²) in [6.45, 7) is 4.97. The third kappa shape index (κ3) is 4.64.